The first-order valence-electron chi connectivity index (χ1n) is 9.21. The molecule has 1 aromatic carbocycles. The highest BCUT2D eigenvalue weighted by molar-refractivity contribution is 5.97. The standard InChI is InChI=1S/C20H30N4O2/c1-14(2)13-17(19(25)23-16-9-6-5-7-10-16)24-20(26)18(15(3)4)22-12-8-11-21/h5-7,9-10,14-15,17-18,22H,8,12-13H2,1-4H3,(H,23,25)(H,24,26)/p+1/t17-,18-/m0/s1. The second kappa shape index (κ2) is 11.3. The number of nitrogens with two attached hydrogens (primary N) is 1. The summed E-state index contributed by atoms with van der Waals surface area (Å²) in [7, 11) is 0. The smallest absolute Gasteiger partial charge is 0.279 e. The fourth-order valence-electron chi connectivity index (χ4n) is 2.73. The van der Waals surface area contributed by atoms with Crippen LogP contribution in [0.1, 0.15) is 40.5 Å². The number of carbonyl (C=O) groups excluding carboxylic acids is 2. The van der Waals surface area contributed by atoms with Gasteiger partial charge in [-0.1, -0.05) is 45.9 Å². The zero-order valence-corrected chi connectivity index (χ0v) is 16.2. The number of carbonyl (C=O) groups is 2. The summed E-state index contributed by atoms with van der Waals surface area (Å²) in [6, 6.07) is 10.4. The van der Waals surface area contributed by atoms with Crippen LogP contribution in [0.3, 0.4) is 0 Å². The van der Waals surface area contributed by atoms with Crippen LogP contribution in [0.15, 0.2) is 30.3 Å². The molecule has 0 spiro atoms. The molecule has 0 heterocycles. The Labute approximate surface area is 156 Å². The van der Waals surface area contributed by atoms with E-state index in [0.717, 1.165) is 0 Å². The largest absolute Gasteiger partial charge is 0.339 e. The van der Waals surface area contributed by atoms with Crippen molar-refractivity contribution >= 4 is 17.5 Å². The number of amides is 2. The van der Waals surface area contributed by atoms with Crippen LogP contribution in [0.25, 0.3) is 0 Å². The summed E-state index contributed by atoms with van der Waals surface area (Å²) in [6.45, 7) is 8.54. The summed E-state index contributed by atoms with van der Waals surface area (Å²) >= 11 is 0. The lowest BCUT2D eigenvalue weighted by atomic mass is 10.00. The first-order chi connectivity index (χ1) is 12.3. The lowest BCUT2D eigenvalue weighted by Gasteiger charge is -2.24. The summed E-state index contributed by atoms with van der Waals surface area (Å²) < 4.78 is 0. The molecule has 1 rings (SSSR count). The molecule has 6 nitrogen and oxygen atoms in total. The van der Waals surface area contributed by atoms with Crippen molar-refractivity contribution in [1.82, 2.24) is 5.32 Å². The van der Waals surface area contributed by atoms with Crippen molar-refractivity contribution in [1.29, 1.82) is 5.26 Å². The maximum Gasteiger partial charge on any atom is 0.279 e. The first-order valence-corrected chi connectivity index (χ1v) is 9.21. The second-order valence-electron chi connectivity index (χ2n) is 7.25. The van der Waals surface area contributed by atoms with Crippen molar-refractivity contribution in [2.24, 2.45) is 11.8 Å². The van der Waals surface area contributed by atoms with Gasteiger partial charge in [-0.2, -0.15) is 5.26 Å². The van der Waals surface area contributed by atoms with Crippen LogP contribution in [0.2, 0.25) is 0 Å². The summed E-state index contributed by atoms with van der Waals surface area (Å²) in [5, 5.41) is 16.3. The van der Waals surface area contributed by atoms with Gasteiger partial charge in [-0.15, -0.1) is 0 Å². The predicted octanol–water partition coefficient (Wildman–Crippen LogP) is 1.66. The number of nitrogens with one attached hydrogen (secondary N) is 2. The zero-order chi connectivity index (χ0) is 19.5. The van der Waals surface area contributed by atoms with E-state index >= 15 is 0 Å². The van der Waals surface area contributed by atoms with Crippen molar-refractivity contribution in [3.8, 4) is 6.07 Å². The Balaban J connectivity index is 2.79. The Morgan fingerprint density at radius 1 is 1.12 bits per heavy atom. The van der Waals surface area contributed by atoms with Gasteiger partial charge in [0.2, 0.25) is 5.91 Å². The Kier molecular flexibility index (Phi) is 9.38. The third-order valence-corrected chi connectivity index (χ3v) is 4.08. The van der Waals surface area contributed by atoms with Crippen molar-refractivity contribution in [2.75, 3.05) is 11.9 Å². The van der Waals surface area contributed by atoms with E-state index in [1.165, 1.54) is 0 Å². The van der Waals surface area contributed by atoms with Crippen LogP contribution >= 0.6 is 0 Å². The van der Waals surface area contributed by atoms with Crippen molar-refractivity contribution in [3.05, 3.63) is 30.3 Å². The minimum absolute atomic E-state index is 0.102. The maximum absolute atomic E-state index is 12.7. The van der Waals surface area contributed by atoms with E-state index in [0.29, 0.717) is 25.1 Å². The minimum Gasteiger partial charge on any atom is -0.339 e. The molecule has 0 aliphatic rings. The highest BCUT2D eigenvalue weighted by atomic mass is 16.2. The Bertz CT molecular complexity index is 608. The van der Waals surface area contributed by atoms with E-state index in [9.17, 15) is 9.59 Å². The van der Waals surface area contributed by atoms with Crippen LogP contribution in [0.4, 0.5) is 5.69 Å². The zero-order valence-electron chi connectivity index (χ0n) is 16.2. The molecule has 0 aromatic heterocycles. The number of hydrogen-bond donors (Lipinski definition) is 3. The van der Waals surface area contributed by atoms with E-state index in [2.05, 4.69) is 16.7 Å². The van der Waals surface area contributed by atoms with E-state index < -0.39 is 6.04 Å². The van der Waals surface area contributed by atoms with E-state index in [1.54, 1.807) is 0 Å². The first kappa shape index (κ1) is 21.7. The van der Waals surface area contributed by atoms with Crippen LogP contribution < -0.4 is 16.0 Å². The van der Waals surface area contributed by atoms with Gasteiger partial charge in [-0.3, -0.25) is 9.59 Å². The molecule has 0 saturated heterocycles. The second-order valence-corrected chi connectivity index (χ2v) is 7.25. The average Bonchev–Trinajstić information content (AvgIpc) is 2.58. The van der Waals surface area contributed by atoms with Crippen LogP contribution in [0.5, 0.6) is 0 Å². The molecule has 142 valence electrons. The van der Waals surface area contributed by atoms with Gasteiger partial charge < -0.3 is 16.0 Å². The average molecular weight is 359 g/mol. The van der Waals surface area contributed by atoms with Gasteiger partial charge in [-0.25, -0.2) is 0 Å². The number of anilines is 1. The Hall–Kier alpha value is -2.39. The van der Waals surface area contributed by atoms with Crippen molar-refractivity contribution < 1.29 is 14.9 Å². The van der Waals surface area contributed by atoms with E-state index in [-0.39, 0.29) is 29.7 Å². The van der Waals surface area contributed by atoms with Crippen molar-refractivity contribution in [3.63, 3.8) is 0 Å². The lowest BCUT2D eigenvalue weighted by Crippen LogP contribution is -2.94. The van der Waals surface area contributed by atoms with Crippen LogP contribution in [-0.2, 0) is 9.59 Å². The third kappa shape index (κ3) is 7.66. The number of nitriles is 1. The third-order valence-electron chi connectivity index (χ3n) is 4.08. The van der Waals surface area contributed by atoms with Crippen LogP contribution in [0, 0.1) is 23.2 Å². The molecule has 2 amide bonds. The highest BCUT2D eigenvalue weighted by Gasteiger charge is 2.30. The van der Waals surface area contributed by atoms with Crippen molar-refractivity contribution in [2.45, 2.75) is 52.6 Å². The molecule has 0 saturated carbocycles. The SMILES string of the molecule is CC(C)C[C@H](NC(=O)[C@@H]([NH2+]CCC#N)C(C)C)C(=O)Nc1ccccc1. The molecule has 0 unspecified atom stereocenters. The number of benzene rings is 1. The molecular weight excluding hydrogens is 328 g/mol. The molecule has 0 aliphatic carbocycles. The van der Waals surface area contributed by atoms with Gasteiger partial charge in [0, 0.05) is 11.6 Å². The molecule has 4 N–H and O–H groups in total. The molecule has 26 heavy (non-hydrogen) atoms. The Morgan fingerprint density at radius 2 is 1.77 bits per heavy atom. The van der Waals surface area contributed by atoms with E-state index in [1.807, 2.05) is 63.3 Å². The van der Waals surface area contributed by atoms with Gasteiger partial charge >= 0.3 is 0 Å². The molecule has 0 radical (unpaired) electrons. The maximum atomic E-state index is 12.7. The number of rotatable bonds is 10. The summed E-state index contributed by atoms with van der Waals surface area (Å²) in [4.78, 5) is 25.4. The number of para-hydroxylation sites is 1. The monoisotopic (exact) mass is 359 g/mol. The van der Waals surface area contributed by atoms with Gasteiger partial charge in [0.25, 0.3) is 5.91 Å². The minimum atomic E-state index is -0.590. The molecule has 0 fully saturated rings. The highest BCUT2D eigenvalue weighted by Crippen LogP contribution is 2.11. The van der Waals surface area contributed by atoms with Gasteiger partial charge in [0.05, 0.1) is 19.0 Å². The fraction of sp³-hybridized carbons (Fsp3) is 0.550. The fourth-order valence-corrected chi connectivity index (χ4v) is 2.73. The molecule has 6 heteroatoms. The molecule has 2 atom stereocenters. The molecular formula is C20H31N4O2+. The summed E-state index contributed by atoms with van der Waals surface area (Å²) in [5.41, 5.74) is 0.710. The van der Waals surface area contributed by atoms with Gasteiger partial charge in [0.1, 0.15) is 6.04 Å². The molecule has 0 bridgehead atoms. The normalized spacial score (nSPS) is 13.1. The number of quaternary nitrogens is 1. The predicted molar refractivity (Wildman–Crippen MR) is 102 cm³/mol. The van der Waals surface area contributed by atoms with Gasteiger partial charge in [-0.05, 0) is 24.5 Å². The van der Waals surface area contributed by atoms with Gasteiger partial charge in [0.15, 0.2) is 6.04 Å². The number of hydrogen-bond acceptors (Lipinski definition) is 3. The van der Waals surface area contributed by atoms with E-state index in [4.69, 9.17) is 5.26 Å². The molecule has 1 aromatic rings. The topological polar surface area (TPSA) is 98.6 Å². The lowest BCUT2D eigenvalue weighted by molar-refractivity contribution is -0.681. The Morgan fingerprint density at radius 3 is 2.31 bits per heavy atom. The van der Waals surface area contributed by atoms with Crippen LogP contribution in [-0.4, -0.2) is 30.4 Å². The summed E-state index contributed by atoms with van der Waals surface area (Å²) in [5.74, 6) is -0.00273. The number of nitrogens with zero attached hydrogens (tertiary/aromatic N) is 1. The quantitative estimate of drug-likeness (QED) is 0.554. The molecule has 0 aliphatic heterocycles. The summed E-state index contributed by atoms with van der Waals surface area (Å²) in [6.07, 6.45) is 0.952.